The van der Waals surface area contributed by atoms with E-state index in [0.717, 1.165) is 29.9 Å². The lowest BCUT2D eigenvalue weighted by atomic mass is 9.92. The number of nitrogens with one attached hydrogen (secondary N) is 1. The van der Waals surface area contributed by atoms with Gasteiger partial charge < -0.3 is 5.32 Å². The molecule has 0 atom stereocenters. The summed E-state index contributed by atoms with van der Waals surface area (Å²) < 4.78 is 0. The highest BCUT2D eigenvalue weighted by Crippen LogP contribution is 2.22. The third-order valence-electron chi connectivity index (χ3n) is 2.63. The Balaban J connectivity index is 2.65. The van der Waals surface area contributed by atoms with Crippen LogP contribution in [-0.2, 0) is 0 Å². The molecule has 0 aliphatic rings. The SMILES string of the molecule is Cc1c(Cl)nnc(NCCC(C)(C)C)c1C. The molecule has 0 unspecified atom stereocenters. The van der Waals surface area contributed by atoms with Crippen LogP contribution in [0, 0.1) is 19.3 Å². The van der Waals surface area contributed by atoms with Gasteiger partial charge in [-0.05, 0) is 36.8 Å². The molecule has 1 aromatic rings. The van der Waals surface area contributed by atoms with Crippen molar-refractivity contribution < 1.29 is 0 Å². The first-order valence-corrected chi connectivity index (χ1v) is 5.92. The first kappa shape index (κ1) is 13.2. The fraction of sp³-hybridized carbons (Fsp3) is 0.667. The molecule has 0 bridgehead atoms. The van der Waals surface area contributed by atoms with Crippen LogP contribution in [-0.4, -0.2) is 16.7 Å². The summed E-state index contributed by atoms with van der Waals surface area (Å²) >= 11 is 5.89. The van der Waals surface area contributed by atoms with E-state index in [1.54, 1.807) is 0 Å². The predicted molar refractivity (Wildman–Crippen MR) is 69.1 cm³/mol. The summed E-state index contributed by atoms with van der Waals surface area (Å²) in [5, 5.41) is 11.8. The van der Waals surface area contributed by atoms with Crippen LogP contribution in [0.25, 0.3) is 0 Å². The highest BCUT2D eigenvalue weighted by Gasteiger charge is 2.11. The molecule has 0 amide bonds. The van der Waals surface area contributed by atoms with Crippen molar-refractivity contribution in [2.45, 2.75) is 41.0 Å². The molecule has 1 rings (SSSR count). The molecule has 0 aromatic carbocycles. The highest BCUT2D eigenvalue weighted by atomic mass is 35.5. The maximum atomic E-state index is 5.89. The van der Waals surface area contributed by atoms with Crippen molar-refractivity contribution in [1.29, 1.82) is 0 Å². The Kier molecular flexibility index (Phi) is 4.14. The fourth-order valence-corrected chi connectivity index (χ4v) is 1.48. The van der Waals surface area contributed by atoms with Gasteiger partial charge in [0, 0.05) is 6.54 Å². The second-order valence-electron chi connectivity index (χ2n) is 5.33. The summed E-state index contributed by atoms with van der Waals surface area (Å²) in [5.41, 5.74) is 2.40. The van der Waals surface area contributed by atoms with E-state index in [1.807, 2.05) is 13.8 Å². The smallest absolute Gasteiger partial charge is 0.155 e. The van der Waals surface area contributed by atoms with E-state index in [1.165, 1.54) is 0 Å². The predicted octanol–water partition coefficient (Wildman–Crippen LogP) is 3.59. The van der Waals surface area contributed by atoms with E-state index in [0.29, 0.717) is 10.6 Å². The van der Waals surface area contributed by atoms with Gasteiger partial charge in [0.25, 0.3) is 0 Å². The molecule has 1 aromatic heterocycles. The molecule has 0 aliphatic heterocycles. The number of halogens is 1. The van der Waals surface area contributed by atoms with Crippen molar-refractivity contribution in [2.24, 2.45) is 5.41 Å². The minimum atomic E-state index is 0.329. The van der Waals surface area contributed by atoms with Crippen LogP contribution >= 0.6 is 11.6 Å². The molecular formula is C12H20ClN3. The van der Waals surface area contributed by atoms with Crippen LogP contribution < -0.4 is 5.32 Å². The third kappa shape index (κ3) is 3.63. The molecule has 0 saturated heterocycles. The molecule has 16 heavy (non-hydrogen) atoms. The van der Waals surface area contributed by atoms with E-state index >= 15 is 0 Å². The summed E-state index contributed by atoms with van der Waals surface area (Å²) in [6.45, 7) is 11.5. The van der Waals surface area contributed by atoms with Gasteiger partial charge in [0.05, 0.1) is 0 Å². The van der Waals surface area contributed by atoms with Crippen molar-refractivity contribution in [1.82, 2.24) is 10.2 Å². The Morgan fingerprint density at radius 3 is 2.31 bits per heavy atom. The lowest BCUT2D eigenvalue weighted by Crippen LogP contribution is -2.14. The summed E-state index contributed by atoms with van der Waals surface area (Å²) in [5.74, 6) is 0.839. The number of hydrogen-bond acceptors (Lipinski definition) is 3. The molecule has 0 spiro atoms. The Bertz CT molecular complexity index is 369. The number of rotatable bonds is 3. The largest absolute Gasteiger partial charge is 0.368 e. The molecular weight excluding hydrogens is 222 g/mol. The van der Waals surface area contributed by atoms with Crippen molar-refractivity contribution >= 4 is 17.4 Å². The standard InChI is InChI=1S/C12H20ClN3/c1-8-9(2)11(16-15-10(8)13)14-7-6-12(3,4)5/h6-7H2,1-5H3,(H,14,16). The summed E-state index contributed by atoms with van der Waals surface area (Å²) in [6.07, 6.45) is 1.09. The molecule has 0 saturated carbocycles. The van der Waals surface area contributed by atoms with E-state index in [4.69, 9.17) is 11.6 Å². The lowest BCUT2D eigenvalue weighted by molar-refractivity contribution is 0.389. The molecule has 0 aliphatic carbocycles. The second kappa shape index (κ2) is 5.00. The minimum Gasteiger partial charge on any atom is -0.368 e. The first-order valence-electron chi connectivity index (χ1n) is 5.54. The fourth-order valence-electron chi connectivity index (χ4n) is 1.30. The van der Waals surface area contributed by atoms with Gasteiger partial charge in [-0.25, -0.2) is 0 Å². The zero-order chi connectivity index (χ0) is 12.3. The van der Waals surface area contributed by atoms with Gasteiger partial charge in [-0.1, -0.05) is 32.4 Å². The monoisotopic (exact) mass is 241 g/mol. The van der Waals surface area contributed by atoms with Crippen LogP contribution in [0.1, 0.15) is 38.3 Å². The van der Waals surface area contributed by atoms with Crippen molar-refractivity contribution in [3.05, 3.63) is 16.3 Å². The average Bonchev–Trinajstić information content (AvgIpc) is 2.16. The van der Waals surface area contributed by atoms with E-state index in [-0.39, 0.29) is 0 Å². The molecule has 90 valence electrons. The van der Waals surface area contributed by atoms with Crippen LogP contribution in [0.4, 0.5) is 5.82 Å². The Hall–Kier alpha value is -0.830. The molecule has 1 heterocycles. The van der Waals surface area contributed by atoms with Crippen LogP contribution in [0.2, 0.25) is 5.15 Å². The van der Waals surface area contributed by atoms with Crippen LogP contribution in [0.3, 0.4) is 0 Å². The third-order valence-corrected chi connectivity index (χ3v) is 2.99. The lowest BCUT2D eigenvalue weighted by Gasteiger charge is -2.18. The summed E-state index contributed by atoms with van der Waals surface area (Å²) in [4.78, 5) is 0. The average molecular weight is 242 g/mol. The van der Waals surface area contributed by atoms with Gasteiger partial charge in [-0.15, -0.1) is 10.2 Å². The quantitative estimate of drug-likeness (QED) is 0.879. The van der Waals surface area contributed by atoms with Crippen LogP contribution in [0.15, 0.2) is 0 Å². The Labute approximate surface area is 103 Å². The number of aromatic nitrogens is 2. The van der Waals surface area contributed by atoms with E-state index < -0.39 is 0 Å². The van der Waals surface area contributed by atoms with Gasteiger partial charge in [-0.3, -0.25) is 0 Å². The first-order chi connectivity index (χ1) is 7.31. The number of anilines is 1. The Morgan fingerprint density at radius 1 is 1.12 bits per heavy atom. The van der Waals surface area contributed by atoms with Crippen molar-refractivity contribution in [3.8, 4) is 0 Å². The van der Waals surface area contributed by atoms with Crippen LogP contribution in [0.5, 0.6) is 0 Å². The maximum Gasteiger partial charge on any atom is 0.155 e. The normalized spacial score (nSPS) is 11.6. The van der Waals surface area contributed by atoms with E-state index in [9.17, 15) is 0 Å². The Morgan fingerprint density at radius 2 is 1.75 bits per heavy atom. The van der Waals surface area contributed by atoms with Gasteiger partial charge in [0.1, 0.15) is 0 Å². The zero-order valence-corrected chi connectivity index (χ0v) is 11.4. The van der Waals surface area contributed by atoms with Gasteiger partial charge in [-0.2, -0.15) is 0 Å². The van der Waals surface area contributed by atoms with Gasteiger partial charge in [0.15, 0.2) is 11.0 Å². The van der Waals surface area contributed by atoms with E-state index in [2.05, 4.69) is 36.3 Å². The summed E-state index contributed by atoms with van der Waals surface area (Å²) in [7, 11) is 0. The molecule has 1 N–H and O–H groups in total. The number of hydrogen-bond donors (Lipinski definition) is 1. The number of nitrogens with zero attached hydrogens (tertiary/aromatic N) is 2. The second-order valence-corrected chi connectivity index (χ2v) is 5.68. The van der Waals surface area contributed by atoms with Crippen molar-refractivity contribution in [3.63, 3.8) is 0 Å². The van der Waals surface area contributed by atoms with Gasteiger partial charge in [0.2, 0.25) is 0 Å². The summed E-state index contributed by atoms with van der Waals surface area (Å²) in [6, 6.07) is 0. The van der Waals surface area contributed by atoms with Gasteiger partial charge >= 0.3 is 0 Å². The molecule has 4 heteroatoms. The highest BCUT2D eigenvalue weighted by molar-refractivity contribution is 6.30. The molecule has 3 nitrogen and oxygen atoms in total. The van der Waals surface area contributed by atoms with Crippen molar-refractivity contribution in [2.75, 3.05) is 11.9 Å². The minimum absolute atomic E-state index is 0.329. The molecule has 0 radical (unpaired) electrons. The molecule has 0 fully saturated rings. The maximum absolute atomic E-state index is 5.89. The zero-order valence-electron chi connectivity index (χ0n) is 10.7. The topological polar surface area (TPSA) is 37.8 Å².